The van der Waals surface area contributed by atoms with Crippen molar-refractivity contribution < 1.29 is 0 Å². The quantitative estimate of drug-likeness (QED) is 0.554. The molecule has 0 saturated heterocycles. The normalized spacial score (nSPS) is 18.7. The Morgan fingerprint density at radius 3 is 2.14 bits per heavy atom. The molecule has 0 aliphatic carbocycles. The van der Waals surface area contributed by atoms with Crippen molar-refractivity contribution in [3.05, 3.63) is 0 Å². The van der Waals surface area contributed by atoms with Crippen LogP contribution in [0, 0.1) is 0 Å². The summed E-state index contributed by atoms with van der Waals surface area (Å²) < 4.78 is 0. The number of hydrogen-bond donors (Lipinski definition) is 0. The van der Waals surface area contributed by atoms with Gasteiger partial charge in [-0.25, -0.2) is 0 Å². The molecule has 0 nitrogen and oxygen atoms in total. The van der Waals surface area contributed by atoms with E-state index in [0.717, 1.165) is 12.6 Å². The minimum Gasteiger partial charge on any atom is -0.0859 e. The maximum Gasteiger partial charge on any atom is 0.0359 e. The molecule has 0 bridgehead atoms. The molecule has 0 N–H and O–H groups in total. The van der Waals surface area contributed by atoms with Crippen molar-refractivity contribution in [3.63, 3.8) is 0 Å². The van der Waals surface area contributed by atoms with Crippen LogP contribution < -0.4 is 0 Å². The van der Waals surface area contributed by atoms with Crippen LogP contribution in [0.1, 0.15) is 13.3 Å². The third kappa shape index (κ3) is 6.94. The summed E-state index contributed by atoms with van der Waals surface area (Å²) in [5.74, 6) is 0. The summed E-state index contributed by atoms with van der Waals surface area (Å²) in [4.78, 5) is 0. The van der Waals surface area contributed by atoms with E-state index in [1.54, 1.807) is 0 Å². The molecule has 0 amide bonds. The highest BCUT2D eigenvalue weighted by molar-refractivity contribution is 8.26. The van der Waals surface area contributed by atoms with Crippen LogP contribution in [0.5, 0.6) is 0 Å². The van der Waals surface area contributed by atoms with E-state index in [0.29, 0.717) is 0 Å². The summed E-state index contributed by atoms with van der Waals surface area (Å²) in [6.07, 6.45) is 2.15. The third-order valence-corrected chi connectivity index (χ3v) is 2.92. The minimum absolute atomic E-state index is 1.03. The average molecular weight is 157 g/mol. The first-order valence-corrected chi connectivity index (χ1v) is 6.66. The zero-order valence-corrected chi connectivity index (χ0v) is 7.11. The first-order valence-electron chi connectivity index (χ1n) is 2.32. The van der Waals surface area contributed by atoms with E-state index in [1.807, 2.05) is 6.66 Å². The number of rotatable bonds is 2. The van der Waals surface area contributed by atoms with Crippen LogP contribution in [0.15, 0.2) is 0 Å². The lowest BCUT2D eigenvalue weighted by Gasteiger charge is -2.01. The van der Waals surface area contributed by atoms with Gasteiger partial charge in [-0.1, -0.05) is 36.4 Å². The van der Waals surface area contributed by atoms with Crippen LogP contribution in [0.3, 0.4) is 0 Å². The first kappa shape index (κ1) is 7.94. The number of halogens is 1. The van der Waals surface area contributed by atoms with Crippen LogP contribution in [0.2, 0.25) is 0 Å². The molecule has 0 fully saturated rings. The zero-order chi connectivity index (χ0) is 5.91. The maximum absolute atomic E-state index is 5.76. The SMILES string of the molecule is CCCP(C)(=S)Cl. The van der Waals surface area contributed by atoms with Crippen LogP contribution in [0.25, 0.3) is 0 Å². The van der Waals surface area contributed by atoms with E-state index in [4.69, 9.17) is 23.0 Å². The van der Waals surface area contributed by atoms with E-state index in [2.05, 4.69) is 6.92 Å². The van der Waals surface area contributed by atoms with Crippen molar-refractivity contribution >= 4 is 28.4 Å². The molecule has 0 spiro atoms. The molecule has 0 rings (SSSR count). The van der Waals surface area contributed by atoms with Crippen molar-refractivity contribution in [3.8, 4) is 0 Å². The minimum atomic E-state index is -1.36. The Bertz CT molecular complexity index is 85.7. The molecule has 3 heteroatoms. The predicted octanol–water partition coefficient (Wildman–Crippen LogP) is 2.66. The fraction of sp³-hybridized carbons (Fsp3) is 1.00. The molecular weight excluding hydrogens is 147 g/mol. The third-order valence-electron chi connectivity index (χ3n) is 0.623. The van der Waals surface area contributed by atoms with Gasteiger partial charge in [0.2, 0.25) is 0 Å². The van der Waals surface area contributed by atoms with E-state index >= 15 is 0 Å². The second kappa shape index (κ2) is 3.06. The summed E-state index contributed by atoms with van der Waals surface area (Å²) >= 11 is 10.7. The highest BCUT2D eigenvalue weighted by Gasteiger charge is 1.99. The maximum atomic E-state index is 5.76. The largest absolute Gasteiger partial charge is 0.0859 e. The van der Waals surface area contributed by atoms with Crippen LogP contribution in [-0.4, -0.2) is 12.8 Å². The van der Waals surface area contributed by atoms with E-state index in [-0.39, 0.29) is 0 Å². The van der Waals surface area contributed by atoms with Gasteiger partial charge in [-0.05, 0) is 12.8 Å². The molecule has 0 aliphatic heterocycles. The fourth-order valence-electron chi connectivity index (χ4n) is 0.399. The molecule has 44 valence electrons. The van der Waals surface area contributed by atoms with Gasteiger partial charge in [0.1, 0.15) is 0 Å². The molecule has 0 aromatic carbocycles. The molecule has 0 aromatic heterocycles. The van der Waals surface area contributed by atoms with Gasteiger partial charge >= 0.3 is 0 Å². The van der Waals surface area contributed by atoms with Gasteiger partial charge in [-0.15, -0.1) is 0 Å². The lowest BCUT2D eigenvalue weighted by molar-refractivity contribution is 1.10. The van der Waals surface area contributed by atoms with Crippen molar-refractivity contribution in [1.82, 2.24) is 0 Å². The standard InChI is InChI=1S/C4H10ClPS/c1-3-4-6(2,5)7/h3-4H2,1-2H3. The van der Waals surface area contributed by atoms with Gasteiger partial charge in [-0.2, -0.15) is 0 Å². The molecule has 7 heavy (non-hydrogen) atoms. The Morgan fingerprint density at radius 2 is 2.14 bits per heavy atom. The number of hydrogen-bond acceptors (Lipinski definition) is 1. The zero-order valence-electron chi connectivity index (χ0n) is 4.65. The van der Waals surface area contributed by atoms with Crippen molar-refractivity contribution in [2.45, 2.75) is 13.3 Å². The first-order chi connectivity index (χ1) is 3.06. The molecule has 0 heterocycles. The molecule has 0 saturated carbocycles. The summed E-state index contributed by atoms with van der Waals surface area (Å²) in [6.45, 7) is 4.07. The summed E-state index contributed by atoms with van der Waals surface area (Å²) in [5, 5.41) is -1.36. The van der Waals surface area contributed by atoms with Gasteiger partial charge in [0.05, 0.1) is 0 Å². The Morgan fingerprint density at radius 1 is 1.71 bits per heavy atom. The Labute approximate surface area is 55.0 Å². The highest BCUT2D eigenvalue weighted by atomic mass is 35.7. The molecule has 1 atom stereocenters. The molecule has 1 unspecified atom stereocenters. The topological polar surface area (TPSA) is 0 Å². The Hall–Kier alpha value is 0.940. The molecule has 0 aliphatic rings. The summed E-state index contributed by atoms with van der Waals surface area (Å²) in [6, 6.07) is 0. The van der Waals surface area contributed by atoms with Gasteiger partial charge in [0.15, 0.2) is 0 Å². The molecular formula is C4H10ClPS. The molecule has 0 aromatic rings. The average Bonchev–Trinajstić information content (AvgIpc) is 1.30. The van der Waals surface area contributed by atoms with Gasteiger partial charge in [0, 0.05) is 5.39 Å². The van der Waals surface area contributed by atoms with Gasteiger partial charge < -0.3 is 0 Å². The lowest BCUT2D eigenvalue weighted by atomic mass is 10.6. The van der Waals surface area contributed by atoms with Gasteiger partial charge in [-0.3, -0.25) is 0 Å². The summed E-state index contributed by atoms with van der Waals surface area (Å²) in [5.41, 5.74) is 0. The molecule has 0 radical (unpaired) electrons. The lowest BCUT2D eigenvalue weighted by Crippen LogP contribution is -1.74. The van der Waals surface area contributed by atoms with E-state index < -0.39 is 5.39 Å². The van der Waals surface area contributed by atoms with Crippen molar-refractivity contribution in [2.75, 3.05) is 12.8 Å². The van der Waals surface area contributed by atoms with Crippen LogP contribution >= 0.6 is 16.6 Å². The van der Waals surface area contributed by atoms with E-state index in [1.165, 1.54) is 0 Å². The van der Waals surface area contributed by atoms with Crippen LogP contribution in [0.4, 0.5) is 0 Å². The van der Waals surface area contributed by atoms with E-state index in [9.17, 15) is 0 Å². The summed E-state index contributed by atoms with van der Waals surface area (Å²) in [7, 11) is 0. The second-order valence-corrected chi connectivity index (χ2v) is 9.38. The Balaban J connectivity index is 3.36. The Kier molecular flexibility index (Phi) is 3.48. The van der Waals surface area contributed by atoms with Crippen molar-refractivity contribution in [1.29, 1.82) is 0 Å². The predicted molar refractivity (Wildman–Crippen MR) is 41.2 cm³/mol. The highest BCUT2D eigenvalue weighted by Crippen LogP contribution is 2.47. The monoisotopic (exact) mass is 156 g/mol. The fourth-order valence-corrected chi connectivity index (χ4v) is 2.25. The van der Waals surface area contributed by atoms with Crippen LogP contribution in [-0.2, 0) is 11.8 Å². The van der Waals surface area contributed by atoms with Crippen molar-refractivity contribution in [2.24, 2.45) is 0 Å². The smallest absolute Gasteiger partial charge is 0.0359 e. The second-order valence-electron chi connectivity index (χ2n) is 1.71. The van der Waals surface area contributed by atoms with Gasteiger partial charge in [0.25, 0.3) is 0 Å².